The maximum Gasteiger partial charge on any atom is 0.316 e. The van der Waals surface area contributed by atoms with Crippen molar-refractivity contribution >= 4 is 17.0 Å². The molecular formula is C19H19N5O. The van der Waals surface area contributed by atoms with Crippen LogP contribution in [0, 0.1) is 5.92 Å². The van der Waals surface area contributed by atoms with Crippen LogP contribution in [0.1, 0.15) is 25.5 Å². The number of nitrogens with one attached hydrogen (secondary N) is 2. The topological polar surface area (TPSA) is 79.6 Å². The van der Waals surface area contributed by atoms with E-state index in [1.165, 1.54) is 5.56 Å². The summed E-state index contributed by atoms with van der Waals surface area (Å²) in [6.07, 6.45) is 3.59. The normalized spacial score (nSPS) is 12.6. The average Bonchev–Trinajstić information content (AvgIpc) is 3.26. The predicted molar refractivity (Wildman–Crippen MR) is 97.0 cm³/mol. The summed E-state index contributed by atoms with van der Waals surface area (Å²) >= 11 is 0. The van der Waals surface area contributed by atoms with Gasteiger partial charge in [-0.25, -0.2) is 4.98 Å². The van der Waals surface area contributed by atoms with Crippen LogP contribution < -0.4 is 5.32 Å². The van der Waals surface area contributed by atoms with Gasteiger partial charge in [-0.3, -0.25) is 0 Å². The summed E-state index contributed by atoms with van der Waals surface area (Å²) in [6, 6.07) is 14.6. The lowest BCUT2D eigenvalue weighted by Gasteiger charge is -2.21. The third-order valence-corrected chi connectivity index (χ3v) is 4.21. The van der Waals surface area contributed by atoms with E-state index in [4.69, 9.17) is 4.42 Å². The molecule has 0 unspecified atom stereocenters. The fourth-order valence-corrected chi connectivity index (χ4v) is 2.95. The summed E-state index contributed by atoms with van der Waals surface area (Å²) in [5.41, 5.74) is 2.84. The molecule has 0 radical (unpaired) electrons. The maximum absolute atomic E-state index is 5.86. The molecule has 126 valence electrons. The van der Waals surface area contributed by atoms with Crippen LogP contribution in [0.3, 0.4) is 0 Å². The zero-order valence-corrected chi connectivity index (χ0v) is 14.1. The Morgan fingerprint density at radius 1 is 1.04 bits per heavy atom. The lowest BCUT2D eigenvalue weighted by Crippen LogP contribution is -2.16. The highest BCUT2D eigenvalue weighted by atomic mass is 16.4. The van der Waals surface area contributed by atoms with Crippen molar-refractivity contribution in [2.24, 2.45) is 5.92 Å². The first-order valence-electron chi connectivity index (χ1n) is 8.30. The molecule has 0 amide bonds. The fourth-order valence-electron chi connectivity index (χ4n) is 2.95. The molecule has 0 spiro atoms. The molecule has 0 aliphatic carbocycles. The molecule has 3 aromatic heterocycles. The van der Waals surface area contributed by atoms with Gasteiger partial charge in [0.15, 0.2) is 0 Å². The molecule has 25 heavy (non-hydrogen) atoms. The van der Waals surface area contributed by atoms with Crippen LogP contribution in [-0.2, 0) is 0 Å². The zero-order chi connectivity index (χ0) is 17.2. The first kappa shape index (κ1) is 15.4. The van der Waals surface area contributed by atoms with E-state index in [2.05, 4.69) is 51.5 Å². The number of aromatic nitrogens is 4. The minimum absolute atomic E-state index is 0.0964. The van der Waals surface area contributed by atoms with Crippen LogP contribution in [0.5, 0.6) is 0 Å². The highest BCUT2D eigenvalue weighted by Crippen LogP contribution is 2.30. The summed E-state index contributed by atoms with van der Waals surface area (Å²) in [7, 11) is 0. The van der Waals surface area contributed by atoms with Gasteiger partial charge in [-0.1, -0.05) is 49.3 Å². The van der Waals surface area contributed by atoms with E-state index in [1.807, 2.05) is 36.5 Å². The van der Waals surface area contributed by atoms with E-state index < -0.39 is 0 Å². The van der Waals surface area contributed by atoms with Gasteiger partial charge in [0, 0.05) is 17.8 Å². The van der Waals surface area contributed by atoms with Gasteiger partial charge in [0.05, 0.1) is 11.6 Å². The molecule has 0 fully saturated rings. The molecule has 0 aliphatic rings. The zero-order valence-electron chi connectivity index (χ0n) is 14.1. The number of H-pyrrole nitrogens is 1. The number of benzene rings is 1. The Kier molecular flexibility index (Phi) is 3.93. The Bertz CT molecular complexity index is 974. The Balaban J connectivity index is 1.63. The number of aromatic amines is 1. The van der Waals surface area contributed by atoms with Crippen molar-refractivity contribution in [3.8, 4) is 11.5 Å². The van der Waals surface area contributed by atoms with Gasteiger partial charge in [-0.05, 0) is 23.6 Å². The molecule has 0 saturated heterocycles. The van der Waals surface area contributed by atoms with Gasteiger partial charge < -0.3 is 14.7 Å². The number of anilines is 1. The molecule has 0 saturated carbocycles. The number of pyridine rings is 1. The van der Waals surface area contributed by atoms with Crippen LogP contribution in [0.4, 0.5) is 6.01 Å². The third-order valence-electron chi connectivity index (χ3n) is 4.21. The summed E-state index contributed by atoms with van der Waals surface area (Å²) < 4.78 is 5.86. The van der Waals surface area contributed by atoms with Crippen LogP contribution in [-0.4, -0.2) is 20.2 Å². The van der Waals surface area contributed by atoms with Crippen molar-refractivity contribution in [1.29, 1.82) is 0 Å². The van der Waals surface area contributed by atoms with Crippen LogP contribution >= 0.6 is 0 Å². The van der Waals surface area contributed by atoms with E-state index >= 15 is 0 Å². The molecule has 6 nitrogen and oxygen atoms in total. The Morgan fingerprint density at radius 3 is 2.68 bits per heavy atom. The minimum atomic E-state index is 0.0964. The third kappa shape index (κ3) is 2.98. The van der Waals surface area contributed by atoms with E-state index in [0.717, 1.165) is 16.6 Å². The molecule has 4 rings (SSSR count). The second-order valence-electron chi connectivity index (χ2n) is 6.29. The van der Waals surface area contributed by atoms with E-state index in [0.29, 0.717) is 17.8 Å². The summed E-state index contributed by atoms with van der Waals surface area (Å²) in [5, 5.41) is 12.7. The molecule has 6 heteroatoms. The fraction of sp³-hybridized carbons (Fsp3) is 0.211. The highest BCUT2D eigenvalue weighted by Gasteiger charge is 2.19. The van der Waals surface area contributed by atoms with Crippen molar-refractivity contribution < 1.29 is 4.42 Å². The largest absolute Gasteiger partial charge is 0.403 e. The first-order valence-corrected chi connectivity index (χ1v) is 8.30. The number of hydrogen-bond acceptors (Lipinski definition) is 5. The Morgan fingerprint density at radius 2 is 1.88 bits per heavy atom. The maximum atomic E-state index is 5.86. The second-order valence-corrected chi connectivity index (χ2v) is 6.29. The predicted octanol–water partition coefficient (Wildman–Crippen LogP) is 4.42. The van der Waals surface area contributed by atoms with E-state index in [-0.39, 0.29) is 6.04 Å². The Hall–Kier alpha value is -3.15. The van der Waals surface area contributed by atoms with Crippen LogP contribution in [0.15, 0.2) is 59.3 Å². The number of fused-ring (bicyclic) bond motifs is 1. The van der Waals surface area contributed by atoms with Crippen molar-refractivity contribution in [1.82, 2.24) is 20.2 Å². The van der Waals surface area contributed by atoms with Gasteiger partial charge in [-0.15, -0.1) is 5.10 Å². The van der Waals surface area contributed by atoms with Crippen LogP contribution in [0.25, 0.3) is 22.5 Å². The van der Waals surface area contributed by atoms with Crippen molar-refractivity contribution in [3.05, 3.63) is 60.4 Å². The molecule has 4 aromatic rings. The van der Waals surface area contributed by atoms with E-state index in [1.54, 1.807) is 6.20 Å². The van der Waals surface area contributed by atoms with Crippen molar-refractivity contribution in [2.75, 3.05) is 5.32 Å². The first-order chi connectivity index (χ1) is 12.2. The van der Waals surface area contributed by atoms with Gasteiger partial charge >= 0.3 is 6.01 Å². The SMILES string of the molecule is CC(C)[C@@H](Nc1nnc(-c2c[nH]c3ncccc23)o1)c1ccccc1. The molecule has 3 heterocycles. The Labute approximate surface area is 145 Å². The lowest BCUT2D eigenvalue weighted by molar-refractivity contribution is 0.509. The second kappa shape index (κ2) is 6.39. The van der Waals surface area contributed by atoms with Gasteiger partial charge in [0.25, 0.3) is 5.89 Å². The monoisotopic (exact) mass is 333 g/mol. The number of nitrogens with zero attached hydrogens (tertiary/aromatic N) is 3. The highest BCUT2D eigenvalue weighted by molar-refractivity contribution is 5.90. The lowest BCUT2D eigenvalue weighted by atomic mass is 9.96. The van der Waals surface area contributed by atoms with Crippen LogP contribution in [0.2, 0.25) is 0 Å². The molecular weight excluding hydrogens is 314 g/mol. The average molecular weight is 333 g/mol. The molecule has 1 atom stereocenters. The van der Waals surface area contributed by atoms with Gasteiger partial charge in [0.1, 0.15) is 5.65 Å². The van der Waals surface area contributed by atoms with Crippen molar-refractivity contribution in [3.63, 3.8) is 0 Å². The standard InChI is InChI=1S/C19H19N5O/c1-12(2)16(13-7-4-3-5-8-13)22-19-24-23-18(25-19)15-11-21-17-14(15)9-6-10-20-17/h3-12,16H,1-2H3,(H,20,21)(H,22,24)/t16-/m1/s1. The van der Waals surface area contributed by atoms with E-state index in [9.17, 15) is 0 Å². The van der Waals surface area contributed by atoms with Crippen molar-refractivity contribution in [2.45, 2.75) is 19.9 Å². The minimum Gasteiger partial charge on any atom is -0.403 e. The quantitative estimate of drug-likeness (QED) is 0.565. The number of hydrogen-bond donors (Lipinski definition) is 2. The summed E-state index contributed by atoms with van der Waals surface area (Å²) in [5.74, 6) is 0.840. The molecule has 0 bridgehead atoms. The summed E-state index contributed by atoms with van der Waals surface area (Å²) in [4.78, 5) is 7.41. The molecule has 2 N–H and O–H groups in total. The smallest absolute Gasteiger partial charge is 0.316 e. The van der Waals surface area contributed by atoms with Gasteiger partial charge in [0.2, 0.25) is 0 Å². The summed E-state index contributed by atoms with van der Waals surface area (Å²) in [6.45, 7) is 4.32. The number of rotatable bonds is 5. The van der Waals surface area contributed by atoms with Gasteiger partial charge in [-0.2, -0.15) is 0 Å². The molecule has 1 aromatic carbocycles. The molecule has 0 aliphatic heterocycles.